The number of fused-ring (bicyclic) bond motifs is 5. The third kappa shape index (κ3) is 4.54. The third-order valence-corrected chi connectivity index (χ3v) is 10.7. The Morgan fingerprint density at radius 3 is 2.85 bits per heavy atom. The fourth-order valence-electron chi connectivity index (χ4n) is 8.57. The van der Waals surface area contributed by atoms with Crippen LogP contribution < -0.4 is 15.0 Å². The van der Waals surface area contributed by atoms with Gasteiger partial charge in [-0.15, -0.1) is 0 Å². The molecule has 0 radical (unpaired) electrons. The van der Waals surface area contributed by atoms with E-state index >= 15 is 0 Å². The minimum Gasteiger partial charge on any atom is -0.508 e. The van der Waals surface area contributed by atoms with Crippen LogP contribution in [0.15, 0.2) is 30.3 Å². The smallest absolute Gasteiger partial charge is 0.316 e. The summed E-state index contributed by atoms with van der Waals surface area (Å²) >= 11 is 6.69. The molecule has 0 aliphatic carbocycles. The summed E-state index contributed by atoms with van der Waals surface area (Å²) in [6, 6.07) is 10.9. The van der Waals surface area contributed by atoms with Crippen LogP contribution in [0.5, 0.6) is 11.8 Å². The van der Waals surface area contributed by atoms with Gasteiger partial charge in [-0.1, -0.05) is 23.7 Å². The number of aromatic hydroxyl groups is 1. The van der Waals surface area contributed by atoms with Gasteiger partial charge in [0, 0.05) is 49.0 Å². The molecule has 0 saturated carbocycles. The van der Waals surface area contributed by atoms with Crippen LogP contribution in [0, 0.1) is 0 Å². The first-order valence-corrected chi connectivity index (χ1v) is 15.7. The molecule has 1 aromatic heterocycles. The molecule has 5 atom stereocenters. The van der Waals surface area contributed by atoms with Gasteiger partial charge < -0.3 is 20.1 Å². The molecular weight excluding hydrogens is 541 g/mol. The van der Waals surface area contributed by atoms with Gasteiger partial charge in [-0.2, -0.15) is 9.97 Å². The Bertz CT molecular complexity index is 1490. The van der Waals surface area contributed by atoms with Crippen LogP contribution in [-0.2, 0) is 13.0 Å². The fraction of sp³-hybridized carbons (Fsp3) is 0.562. The van der Waals surface area contributed by atoms with Crippen LogP contribution in [0.1, 0.15) is 67.8 Å². The normalized spacial score (nSPS) is 31.0. The van der Waals surface area contributed by atoms with E-state index in [4.69, 9.17) is 26.3 Å². The van der Waals surface area contributed by atoms with Crippen molar-refractivity contribution in [1.29, 1.82) is 0 Å². The number of benzene rings is 2. The minimum atomic E-state index is -0.790. The molecule has 2 N–H and O–H groups in total. The van der Waals surface area contributed by atoms with Crippen LogP contribution in [0.25, 0.3) is 10.8 Å². The maximum absolute atomic E-state index is 14.4. The van der Waals surface area contributed by atoms with Crippen LogP contribution >= 0.6 is 11.6 Å². The van der Waals surface area contributed by atoms with Crippen molar-refractivity contribution in [2.75, 3.05) is 31.1 Å². The van der Waals surface area contributed by atoms with Crippen molar-refractivity contribution in [3.8, 4) is 11.8 Å². The second-order valence-corrected chi connectivity index (χ2v) is 13.4. The number of alkyl halides is 1. The van der Waals surface area contributed by atoms with E-state index in [2.05, 4.69) is 15.1 Å². The zero-order chi connectivity index (χ0) is 27.7. The van der Waals surface area contributed by atoms with Crippen molar-refractivity contribution >= 4 is 28.1 Å². The van der Waals surface area contributed by atoms with Gasteiger partial charge in [-0.05, 0) is 74.6 Å². The first-order chi connectivity index (χ1) is 19.9. The van der Waals surface area contributed by atoms with E-state index < -0.39 is 6.17 Å². The molecule has 2 aromatic carbocycles. The van der Waals surface area contributed by atoms with Gasteiger partial charge in [-0.3, -0.25) is 4.90 Å². The molecule has 4 saturated heterocycles. The van der Waals surface area contributed by atoms with Gasteiger partial charge in [0.15, 0.2) is 0 Å². The molecule has 8 rings (SSSR count). The van der Waals surface area contributed by atoms with Gasteiger partial charge in [0.1, 0.15) is 18.5 Å². The molecule has 0 spiro atoms. The van der Waals surface area contributed by atoms with Crippen molar-refractivity contribution in [3.63, 3.8) is 0 Å². The number of nitrogens with one attached hydrogen (secondary N) is 1. The predicted octanol–water partition coefficient (Wildman–Crippen LogP) is 5.50. The molecule has 6 heterocycles. The monoisotopic (exact) mass is 577 g/mol. The fourth-order valence-corrected chi connectivity index (χ4v) is 8.84. The number of hydrogen-bond acceptors (Lipinski definition) is 7. The molecule has 3 aromatic rings. The maximum atomic E-state index is 14.4. The van der Waals surface area contributed by atoms with Crippen molar-refractivity contribution < 1.29 is 14.2 Å². The lowest BCUT2D eigenvalue weighted by molar-refractivity contribution is 0.106. The topological polar surface area (TPSA) is 73.8 Å². The zero-order valence-electron chi connectivity index (χ0n) is 23.3. The van der Waals surface area contributed by atoms with E-state index in [0.29, 0.717) is 55.2 Å². The van der Waals surface area contributed by atoms with Crippen molar-refractivity contribution in [2.45, 2.75) is 87.6 Å². The number of nitrogens with zero attached hydrogens (tertiary/aromatic N) is 4. The van der Waals surface area contributed by atoms with Crippen LogP contribution in [-0.4, -0.2) is 70.0 Å². The number of phenolic OH excluding ortho intramolecular Hbond substituents is 1. The Labute approximate surface area is 245 Å². The lowest BCUT2D eigenvalue weighted by Crippen LogP contribution is -2.43. The van der Waals surface area contributed by atoms with E-state index in [1.807, 2.05) is 24.3 Å². The summed E-state index contributed by atoms with van der Waals surface area (Å²) in [5.74, 6) is 0.611. The Kier molecular flexibility index (Phi) is 6.31. The number of phenols is 1. The summed E-state index contributed by atoms with van der Waals surface area (Å²) in [7, 11) is 0. The number of ether oxygens (including phenoxy) is 1. The van der Waals surface area contributed by atoms with E-state index in [0.717, 1.165) is 73.0 Å². The highest BCUT2D eigenvalue weighted by molar-refractivity contribution is 6.36. The average molecular weight is 578 g/mol. The number of rotatable bonds is 5. The van der Waals surface area contributed by atoms with Gasteiger partial charge >= 0.3 is 6.01 Å². The molecule has 216 valence electrons. The number of aromatic nitrogens is 2. The number of anilines is 1. The molecule has 41 heavy (non-hydrogen) atoms. The predicted molar refractivity (Wildman–Crippen MR) is 158 cm³/mol. The summed E-state index contributed by atoms with van der Waals surface area (Å²) in [6.45, 7) is 3.26. The van der Waals surface area contributed by atoms with Gasteiger partial charge in [0.05, 0.1) is 34.2 Å². The number of halogens is 2. The molecule has 2 bridgehead atoms. The van der Waals surface area contributed by atoms with Crippen molar-refractivity contribution in [2.24, 2.45) is 0 Å². The molecule has 9 heteroatoms. The first kappa shape index (κ1) is 26.0. The molecule has 0 amide bonds. The quantitative estimate of drug-likeness (QED) is 0.414. The summed E-state index contributed by atoms with van der Waals surface area (Å²) in [5, 5.41) is 16.9. The van der Waals surface area contributed by atoms with Crippen LogP contribution in [0.3, 0.4) is 0 Å². The highest BCUT2D eigenvalue weighted by Gasteiger charge is 2.49. The largest absolute Gasteiger partial charge is 0.508 e. The third-order valence-electron chi connectivity index (χ3n) is 10.4. The highest BCUT2D eigenvalue weighted by atomic mass is 35.5. The average Bonchev–Trinajstić information content (AvgIpc) is 3.61. The van der Waals surface area contributed by atoms with E-state index in [9.17, 15) is 9.50 Å². The summed E-state index contributed by atoms with van der Waals surface area (Å²) in [6.07, 6.45) is 7.27. The molecule has 0 unspecified atom stereocenters. The van der Waals surface area contributed by atoms with Crippen molar-refractivity contribution in [1.82, 2.24) is 20.2 Å². The second kappa shape index (κ2) is 9.96. The van der Waals surface area contributed by atoms with Gasteiger partial charge in [-0.25, -0.2) is 4.39 Å². The number of hydrogen-bond donors (Lipinski definition) is 2. The maximum Gasteiger partial charge on any atom is 0.316 e. The Morgan fingerprint density at radius 2 is 2.00 bits per heavy atom. The van der Waals surface area contributed by atoms with E-state index in [1.54, 1.807) is 6.07 Å². The Morgan fingerprint density at radius 1 is 1.15 bits per heavy atom. The molecule has 7 nitrogen and oxygen atoms in total. The van der Waals surface area contributed by atoms with Crippen LogP contribution in [0.2, 0.25) is 5.02 Å². The van der Waals surface area contributed by atoms with Gasteiger partial charge in [0.25, 0.3) is 0 Å². The molecular formula is C32H37ClFN5O2. The second-order valence-electron chi connectivity index (χ2n) is 13.0. The van der Waals surface area contributed by atoms with Crippen LogP contribution in [0.4, 0.5) is 10.1 Å². The Balaban J connectivity index is 1.15. The van der Waals surface area contributed by atoms with Crippen molar-refractivity contribution in [3.05, 3.63) is 52.3 Å². The lowest BCUT2D eigenvalue weighted by atomic mass is 9.85. The van der Waals surface area contributed by atoms with E-state index in [1.165, 1.54) is 18.4 Å². The van der Waals surface area contributed by atoms with Gasteiger partial charge in [0.2, 0.25) is 0 Å². The summed E-state index contributed by atoms with van der Waals surface area (Å²) in [4.78, 5) is 14.7. The Hall–Kier alpha value is -2.68. The number of piperidine rings is 1. The molecule has 5 aliphatic heterocycles. The standard InChI is InChI=1S/C32H37ClFN5O2/c33-26-4-1-3-19-13-24(40)14-28(29(19)26)38-10-7-25-27(17-38)36-31(37-30(25)20-11-22-5-6-23(12-20)35-22)41-18-32-8-2-9-39(32)16-21(34)15-32/h1,3-4,13-14,20-23,35,40H,2,5-12,15-18H2/t20-,21-,22+,23-,32+/m1/s1. The molecule has 4 fully saturated rings. The minimum absolute atomic E-state index is 0.223. The summed E-state index contributed by atoms with van der Waals surface area (Å²) in [5.41, 5.74) is 4.06. The zero-order valence-corrected chi connectivity index (χ0v) is 24.0. The summed E-state index contributed by atoms with van der Waals surface area (Å²) < 4.78 is 20.9. The SMILES string of the molecule is Oc1cc(N2CCc3c(nc(OC[C@@]45CCCN4C[C@H](F)C5)nc3[C@H]3C[C@H]4CC[C@@H](C3)N4)C2)c2c(Cl)cccc2c1. The lowest BCUT2D eigenvalue weighted by Gasteiger charge is -2.35. The highest BCUT2D eigenvalue weighted by Crippen LogP contribution is 2.43. The molecule has 5 aliphatic rings. The first-order valence-electron chi connectivity index (χ1n) is 15.3. The van der Waals surface area contributed by atoms with E-state index in [-0.39, 0.29) is 11.3 Å².